The van der Waals surface area contributed by atoms with Gasteiger partial charge >= 0.3 is 0 Å². The molecule has 1 aliphatic rings. The van der Waals surface area contributed by atoms with E-state index in [1.165, 1.54) is 18.7 Å². The summed E-state index contributed by atoms with van der Waals surface area (Å²) in [5.41, 5.74) is 2.59. The van der Waals surface area contributed by atoms with E-state index in [-0.39, 0.29) is 5.91 Å². The van der Waals surface area contributed by atoms with E-state index < -0.39 is 6.23 Å². The minimum atomic E-state index is -0.798. The van der Waals surface area contributed by atoms with Crippen molar-refractivity contribution < 1.29 is 14.3 Å². The molecule has 0 unspecified atom stereocenters. The van der Waals surface area contributed by atoms with Gasteiger partial charge < -0.3 is 9.47 Å². The minimum absolute atomic E-state index is 0.180. The lowest BCUT2D eigenvalue weighted by Crippen LogP contribution is -2.36. The third kappa shape index (κ3) is 4.24. The van der Waals surface area contributed by atoms with Crippen LogP contribution < -0.4 is 14.4 Å². The largest absolute Gasteiger partial charge is 0.496 e. The maximum absolute atomic E-state index is 12.9. The number of hydrogen-bond acceptors (Lipinski definition) is 7. The zero-order chi connectivity index (χ0) is 22.0. The highest BCUT2D eigenvalue weighted by Gasteiger charge is 2.36. The monoisotopic (exact) mass is 500 g/mol. The van der Waals surface area contributed by atoms with Gasteiger partial charge in [0.2, 0.25) is 23.2 Å². The highest BCUT2D eigenvalue weighted by atomic mass is 79.9. The first-order valence-electron chi connectivity index (χ1n) is 9.80. The molecule has 9 heteroatoms. The van der Waals surface area contributed by atoms with Gasteiger partial charge in [0.05, 0.1) is 18.4 Å². The van der Waals surface area contributed by atoms with Gasteiger partial charge in [-0.05, 0) is 30.7 Å². The topological polar surface area (TPSA) is 77.4 Å². The van der Waals surface area contributed by atoms with Crippen molar-refractivity contribution in [3.8, 4) is 22.9 Å². The summed E-state index contributed by atoms with van der Waals surface area (Å²) >= 11 is 5.03. The van der Waals surface area contributed by atoms with Crippen molar-refractivity contribution in [3.05, 3.63) is 52.5 Å². The Morgan fingerprint density at radius 1 is 1.26 bits per heavy atom. The van der Waals surface area contributed by atoms with Crippen molar-refractivity contribution in [1.82, 2.24) is 15.2 Å². The van der Waals surface area contributed by atoms with Gasteiger partial charge in [-0.1, -0.05) is 52.8 Å². The lowest BCUT2D eigenvalue weighted by Gasteiger charge is -2.30. The molecule has 1 atom stereocenters. The fourth-order valence-corrected chi connectivity index (χ4v) is 4.42. The number of halogens is 1. The number of benzene rings is 2. The number of para-hydroxylation sites is 1. The van der Waals surface area contributed by atoms with E-state index in [4.69, 9.17) is 9.47 Å². The highest BCUT2D eigenvalue weighted by molar-refractivity contribution is 9.10. The first-order valence-corrected chi connectivity index (χ1v) is 11.6. The van der Waals surface area contributed by atoms with Crippen LogP contribution in [0.4, 0.5) is 5.69 Å². The molecule has 1 amide bonds. The summed E-state index contributed by atoms with van der Waals surface area (Å²) in [7, 11) is 1.59. The van der Waals surface area contributed by atoms with Crippen LogP contribution in [0.25, 0.3) is 11.3 Å². The Labute approximate surface area is 193 Å². The van der Waals surface area contributed by atoms with Gasteiger partial charge in [0, 0.05) is 22.7 Å². The fraction of sp³-hybridized carbons (Fsp3) is 0.273. The molecule has 2 heterocycles. The van der Waals surface area contributed by atoms with Gasteiger partial charge in [-0.2, -0.15) is 4.98 Å². The molecule has 0 saturated carbocycles. The summed E-state index contributed by atoms with van der Waals surface area (Å²) in [4.78, 5) is 19.1. The first kappa shape index (κ1) is 21.6. The van der Waals surface area contributed by atoms with Crippen molar-refractivity contribution in [3.63, 3.8) is 0 Å². The van der Waals surface area contributed by atoms with E-state index in [0.717, 1.165) is 22.2 Å². The van der Waals surface area contributed by atoms with E-state index in [2.05, 4.69) is 38.0 Å². The van der Waals surface area contributed by atoms with Crippen molar-refractivity contribution >= 4 is 39.3 Å². The van der Waals surface area contributed by atoms with Crippen molar-refractivity contribution in [2.24, 2.45) is 0 Å². The molecule has 1 aliphatic heterocycles. The number of nitrogens with zero attached hydrogens (tertiary/aromatic N) is 4. The molecular formula is C22H21BrN4O3S. The van der Waals surface area contributed by atoms with Gasteiger partial charge in [-0.15, -0.1) is 10.2 Å². The average molecular weight is 501 g/mol. The number of hydrogen-bond donors (Lipinski definition) is 0. The Morgan fingerprint density at radius 2 is 2.06 bits per heavy atom. The predicted octanol–water partition coefficient (Wildman–Crippen LogP) is 5.26. The molecule has 0 N–H and O–H groups in total. The number of rotatable bonds is 5. The third-order valence-corrected chi connectivity index (χ3v) is 6.28. The molecule has 0 spiro atoms. The second kappa shape index (κ2) is 9.23. The summed E-state index contributed by atoms with van der Waals surface area (Å²) in [5.74, 6) is 1.63. The van der Waals surface area contributed by atoms with Crippen LogP contribution in [0.15, 0.2) is 52.1 Å². The lowest BCUT2D eigenvalue weighted by molar-refractivity contribution is -0.118. The summed E-state index contributed by atoms with van der Waals surface area (Å²) in [6.45, 7) is 3.60. The number of aromatic nitrogens is 3. The average Bonchev–Trinajstić information content (AvgIpc) is 2.91. The zero-order valence-corrected chi connectivity index (χ0v) is 19.7. The Bertz CT molecular complexity index is 1130. The van der Waals surface area contributed by atoms with E-state index in [1.54, 1.807) is 12.0 Å². The first-order chi connectivity index (χ1) is 15.0. The second-order valence-corrected chi connectivity index (χ2v) is 8.84. The maximum Gasteiger partial charge on any atom is 0.247 e. The molecule has 1 aromatic heterocycles. The van der Waals surface area contributed by atoms with Crippen molar-refractivity contribution in [2.75, 3.05) is 17.8 Å². The molecule has 7 nitrogen and oxygen atoms in total. The Hall–Kier alpha value is -2.65. The van der Waals surface area contributed by atoms with E-state index in [0.29, 0.717) is 33.7 Å². The van der Waals surface area contributed by atoms with E-state index in [9.17, 15) is 4.79 Å². The van der Waals surface area contributed by atoms with E-state index >= 15 is 0 Å². The number of carbonyl (C=O) groups excluding carboxylic acids is 1. The number of ether oxygens (including phenoxy) is 2. The molecule has 0 fully saturated rings. The van der Waals surface area contributed by atoms with E-state index in [1.807, 2.05) is 42.5 Å². The number of fused-ring (bicyclic) bond motifs is 3. The Morgan fingerprint density at radius 3 is 2.81 bits per heavy atom. The van der Waals surface area contributed by atoms with Crippen molar-refractivity contribution in [2.45, 2.75) is 31.7 Å². The van der Waals surface area contributed by atoms with Crippen LogP contribution in [0.1, 0.15) is 32.1 Å². The number of amides is 1. The Kier molecular flexibility index (Phi) is 6.43. The zero-order valence-electron chi connectivity index (χ0n) is 17.3. The van der Waals surface area contributed by atoms with Crippen LogP contribution in [-0.4, -0.2) is 34.0 Å². The molecule has 0 saturated heterocycles. The molecule has 0 radical (unpaired) electrons. The summed E-state index contributed by atoms with van der Waals surface area (Å²) in [5, 5.41) is 9.23. The summed E-state index contributed by atoms with van der Waals surface area (Å²) in [6, 6.07) is 13.1. The van der Waals surface area contributed by atoms with Crippen molar-refractivity contribution in [1.29, 1.82) is 0 Å². The molecule has 0 bridgehead atoms. The lowest BCUT2D eigenvalue weighted by atomic mass is 10.1. The van der Waals surface area contributed by atoms with Crippen LogP contribution in [0.2, 0.25) is 0 Å². The second-order valence-electron chi connectivity index (χ2n) is 6.86. The number of thioether (sulfide) groups is 1. The number of anilines is 1. The van der Waals surface area contributed by atoms with Gasteiger partial charge in [-0.3, -0.25) is 9.69 Å². The van der Waals surface area contributed by atoms with Crippen LogP contribution in [0.3, 0.4) is 0 Å². The molecule has 3 aromatic rings. The molecule has 31 heavy (non-hydrogen) atoms. The van der Waals surface area contributed by atoms with Crippen LogP contribution in [-0.2, 0) is 4.79 Å². The standard InChI is InChI=1S/C22H21BrN4O3S/c1-4-11-31-22-24-20-19(25-26-22)15-7-5-6-8-17(15)27(13(2)28)21(30-20)16-12-14(23)9-10-18(16)29-3/h5-10,12,21H,4,11H2,1-3H3/t21-/m0/s1. The molecule has 0 aliphatic carbocycles. The minimum Gasteiger partial charge on any atom is -0.496 e. The molecular weight excluding hydrogens is 480 g/mol. The quantitative estimate of drug-likeness (QED) is 0.442. The molecule has 4 rings (SSSR count). The van der Waals surface area contributed by atoms with Crippen LogP contribution >= 0.6 is 27.7 Å². The van der Waals surface area contributed by atoms with Crippen LogP contribution in [0, 0.1) is 0 Å². The van der Waals surface area contributed by atoms with Crippen LogP contribution in [0.5, 0.6) is 11.6 Å². The number of carbonyl (C=O) groups is 1. The molecule has 2 aromatic carbocycles. The SMILES string of the molecule is CCCSc1nnc2c(n1)O[C@@H](c1cc(Br)ccc1OC)N(C(C)=O)c1ccccc1-2. The van der Waals surface area contributed by atoms with Gasteiger partial charge in [0.15, 0.2) is 5.69 Å². The molecule has 160 valence electrons. The number of methoxy groups -OCH3 is 1. The normalized spacial score (nSPS) is 14.8. The Balaban J connectivity index is 1.94. The maximum atomic E-state index is 12.9. The summed E-state index contributed by atoms with van der Waals surface area (Å²) in [6.07, 6.45) is 0.193. The van der Waals surface area contributed by atoms with Gasteiger partial charge in [0.25, 0.3) is 0 Å². The third-order valence-electron chi connectivity index (χ3n) is 4.74. The highest BCUT2D eigenvalue weighted by Crippen LogP contribution is 2.45. The predicted molar refractivity (Wildman–Crippen MR) is 124 cm³/mol. The smallest absolute Gasteiger partial charge is 0.247 e. The summed E-state index contributed by atoms with van der Waals surface area (Å²) < 4.78 is 12.8. The van der Waals surface area contributed by atoms with Gasteiger partial charge in [-0.25, -0.2) is 0 Å². The fourth-order valence-electron chi connectivity index (χ4n) is 3.41. The van der Waals surface area contributed by atoms with Gasteiger partial charge in [0.1, 0.15) is 5.75 Å².